The van der Waals surface area contributed by atoms with Crippen LogP contribution in [-0.2, 0) is 45.9 Å². The molecule has 1 aromatic heterocycles. The van der Waals surface area contributed by atoms with Gasteiger partial charge in [0.2, 0.25) is 15.9 Å². The fraction of sp³-hybridized carbons (Fsp3) is 0.593. The number of nitrogens with zero attached hydrogens (tertiary/aromatic N) is 3. The van der Waals surface area contributed by atoms with Crippen molar-refractivity contribution >= 4 is 21.7 Å². The summed E-state index contributed by atoms with van der Waals surface area (Å²) in [6.07, 6.45) is -2.72. The Bertz CT molecular complexity index is 1420. The first-order valence-corrected chi connectivity index (χ1v) is 15.1. The smallest absolute Gasteiger partial charge is 0.310 e. The van der Waals surface area contributed by atoms with E-state index in [0.717, 1.165) is 23.6 Å². The largest absolute Gasteiger partial charge is 0.416 e. The highest BCUT2D eigenvalue weighted by Gasteiger charge is 2.54. The van der Waals surface area contributed by atoms with Crippen molar-refractivity contribution in [3.05, 3.63) is 52.5 Å². The van der Waals surface area contributed by atoms with Crippen molar-refractivity contribution in [1.29, 1.82) is 0 Å². The number of benzene rings is 1. The zero-order valence-corrected chi connectivity index (χ0v) is 22.7. The lowest BCUT2D eigenvalue weighted by atomic mass is 9.49. The maximum atomic E-state index is 13.5. The fourth-order valence-corrected chi connectivity index (χ4v) is 9.17. The molecule has 0 saturated heterocycles. The van der Waals surface area contributed by atoms with Crippen molar-refractivity contribution in [2.75, 3.05) is 11.9 Å². The normalized spacial score (nSPS) is 28.0. The Labute approximate surface area is 232 Å². The Hall–Kier alpha value is -2.74. The average Bonchev–Trinajstić information content (AvgIpc) is 2.86. The van der Waals surface area contributed by atoms with Crippen LogP contribution in [0.15, 0.2) is 24.5 Å². The minimum atomic E-state index is -5.09. The minimum Gasteiger partial charge on any atom is -0.310 e. The van der Waals surface area contributed by atoms with Crippen molar-refractivity contribution < 1.29 is 39.6 Å². The number of anilines is 1. The number of fused-ring (bicyclic) bond motifs is 1. The van der Waals surface area contributed by atoms with E-state index < -0.39 is 50.2 Å². The zero-order chi connectivity index (χ0) is 29.4. The summed E-state index contributed by atoms with van der Waals surface area (Å²) < 4.78 is 107. The van der Waals surface area contributed by atoms with Gasteiger partial charge in [0.25, 0.3) is 0 Å². The molecule has 1 amide bonds. The summed E-state index contributed by atoms with van der Waals surface area (Å²) in [5.41, 5.74) is -3.28. The van der Waals surface area contributed by atoms with Gasteiger partial charge in [0.1, 0.15) is 12.1 Å². The molecule has 7 rings (SSSR count). The number of amides is 1. The van der Waals surface area contributed by atoms with Gasteiger partial charge in [-0.05, 0) is 86.5 Å². The van der Waals surface area contributed by atoms with Gasteiger partial charge in [0.15, 0.2) is 0 Å². The number of aromatic nitrogens is 2. The van der Waals surface area contributed by atoms with E-state index in [1.807, 2.05) is 0 Å². The molecular weight excluding hydrogens is 574 g/mol. The second-order valence-electron chi connectivity index (χ2n) is 12.1. The molecule has 5 aliphatic rings. The number of sulfonamides is 1. The Morgan fingerprint density at radius 2 is 1.49 bits per heavy atom. The van der Waals surface area contributed by atoms with Crippen LogP contribution in [0, 0.1) is 23.2 Å². The lowest BCUT2D eigenvalue weighted by molar-refractivity contribution is -0.143. The van der Waals surface area contributed by atoms with Crippen molar-refractivity contribution in [2.45, 2.75) is 69.6 Å². The molecule has 0 unspecified atom stereocenters. The van der Waals surface area contributed by atoms with E-state index in [4.69, 9.17) is 0 Å². The number of alkyl halides is 6. The second kappa shape index (κ2) is 9.65. The van der Waals surface area contributed by atoms with Gasteiger partial charge < -0.3 is 5.32 Å². The van der Waals surface area contributed by atoms with Crippen LogP contribution in [0.1, 0.15) is 66.5 Å². The van der Waals surface area contributed by atoms with Gasteiger partial charge in [-0.1, -0.05) is 0 Å². The number of carbonyl (C=O) groups is 1. The molecular formula is C27H28F6N4O3S. The Morgan fingerprint density at radius 3 is 2.02 bits per heavy atom. The van der Waals surface area contributed by atoms with Gasteiger partial charge in [-0.3, -0.25) is 4.79 Å². The molecule has 0 radical (unpaired) electrons. The van der Waals surface area contributed by atoms with E-state index in [1.54, 1.807) is 0 Å². The van der Waals surface area contributed by atoms with E-state index in [0.29, 0.717) is 47.0 Å². The molecule has 0 spiro atoms. The highest BCUT2D eigenvalue weighted by atomic mass is 32.2. The van der Waals surface area contributed by atoms with E-state index in [-0.39, 0.29) is 31.5 Å². The van der Waals surface area contributed by atoms with E-state index >= 15 is 0 Å². The molecule has 222 valence electrons. The third kappa shape index (κ3) is 5.44. The zero-order valence-electron chi connectivity index (χ0n) is 21.9. The van der Waals surface area contributed by atoms with Crippen molar-refractivity contribution in [3.8, 4) is 0 Å². The number of halogens is 6. The molecule has 14 heteroatoms. The van der Waals surface area contributed by atoms with Crippen molar-refractivity contribution in [3.63, 3.8) is 0 Å². The van der Waals surface area contributed by atoms with Crippen LogP contribution in [0.2, 0.25) is 0 Å². The van der Waals surface area contributed by atoms with Crippen LogP contribution in [0.3, 0.4) is 0 Å². The third-order valence-electron chi connectivity index (χ3n) is 9.11. The molecule has 1 N–H and O–H groups in total. The van der Waals surface area contributed by atoms with Crippen LogP contribution < -0.4 is 5.32 Å². The molecule has 7 nitrogen and oxygen atoms in total. The quantitative estimate of drug-likeness (QED) is 0.453. The molecule has 4 bridgehead atoms. The SMILES string of the molecule is O=C(Nc1ncnc2c1CCN(S(=O)(=O)Cc1cc(C(F)(F)F)cc(C(F)(F)F)c1)C2)C12CC3CC(CC(C3)C1)C2. The Balaban J connectivity index is 1.20. The first kappa shape index (κ1) is 28.4. The van der Waals surface area contributed by atoms with E-state index in [9.17, 15) is 39.6 Å². The topological polar surface area (TPSA) is 92.3 Å². The first-order valence-electron chi connectivity index (χ1n) is 13.5. The maximum absolute atomic E-state index is 13.5. The third-order valence-corrected chi connectivity index (χ3v) is 10.9. The molecule has 1 aliphatic heterocycles. The molecule has 2 heterocycles. The van der Waals surface area contributed by atoms with Crippen LogP contribution in [0.25, 0.3) is 0 Å². The van der Waals surface area contributed by atoms with Crippen LogP contribution in [0.4, 0.5) is 32.2 Å². The van der Waals surface area contributed by atoms with Gasteiger partial charge in [-0.25, -0.2) is 18.4 Å². The van der Waals surface area contributed by atoms with Crippen molar-refractivity contribution in [2.24, 2.45) is 23.2 Å². The number of nitrogens with one attached hydrogen (secondary N) is 1. The number of carbonyl (C=O) groups excluding carboxylic acids is 1. The van der Waals surface area contributed by atoms with Gasteiger partial charge in [0.05, 0.1) is 34.5 Å². The molecule has 0 atom stereocenters. The summed E-state index contributed by atoms with van der Waals surface area (Å²) in [5.74, 6) is 0.895. The molecule has 41 heavy (non-hydrogen) atoms. The summed E-state index contributed by atoms with van der Waals surface area (Å²) in [6.45, 7) is -0.334. The first-order chi connectivity index (χ1) is 19.1. The summed E-state index contributed by atoms with van der Waals surface area (Å²) in [6, 6.07) is 0.805. The highest BCUT2D eigenvalue weighted by molar-refractivity contribution is 7.88. The van der Waals surface area contributed by atoms with Crippen LogP contribution in [-0.4, -0.2) is 35.1 Å². The van der Waals surface area contributed by atoms with Gasteiger partial charge in [0, 0.05) is 12.1 Å². The maximum Gasteiger partial charge on any atom is 0.416 e. The average molecular weight is 603 g/mol. The predicted molar refractivity (Wildman–Crippen MR) is 134 cm³/mol. The molecule has 1 aromatic carbocycles. The summed E-state index contributed by atoms with van der Waals surface area (Å²) in [7, 11) is -4.32. The molecule has 4 fully saturated rings. The van der Waals surface area contributed by atoms with Crippen molar-refractivity contribution in [1.82, 2.24) is 14.3 Å². The minimum absolute atomic E-state index is 0.0383. The number of rotatable bonds is 5. The predicted octanol–water partition coefficient (Wildman–Crippen LogP) is 5.56. The second-order valence-corrected chi connectivity index (χ2v) is 14.0. The molecule has 4 aliphatic carbocycles. The van der Waals surface area contributed by atoms with Gasteiger partial charge in [-0.2, -0.15) is 30.6 Å². The Kier molecular flexibility index (Phi) is 6.68. The molecule has 2 aromatic rings. The van der Waals surface area contributed by atoms with Gasteiger partial charge in [-0.15, -0.1) is 0 Å². The summed E-state index contributed by atoms with van der Waals surface area (Å²) in [4.78, 5) is 22.0. The summed E-state index contributed by atoms with van der Waals surface area (Å²) >= 11 is 0. The highest BCUT2D eigenvalue weighted by Crippen LogP contribution is 2.60. The van der Waals surface area contributed by atoms with E-state index in [1.165, 1.54) is 25.6 Å². The monoisotopic (exact) mass is 602 g/mol. The van der Waals surface area contributed by atoms with Crippen LogP contribution in [0.5, 0.6) is 0 Å². The Morgan fingerprint density at radius 1 is 0.927 bits per heavy atom. The van der Waals surface area contributed by atoms with Gasteiger partial charge >= 0.3 is 12.4 Å². The summed E-state index contributed by atoms with van der Waals surface area (Å²) in [5, 5.41) is 2.99. The number of hydrogen-bond acceptors (Lipinski definition) is 5. The lowest BCUT2D eigenvalue weighted by Gasteiger charge is -2.55. The lowest BCUT2D eigenvalue weighted by Crippen LogP contribution is -2.52. The van der Waals surface area contributed by atoms with E-state index in [2.05, 4.69) is 15.3 Å². The van der Waals surface area contributed by atoms with Crippen LogP contribution >= 0.6 is 0 Å². The number of hydrogen-bond donors (Lipinski definition) is 1. The standard InChI is InChI=1S/C27H28F6N4O3S/c28-26(29,30)19-6-18(7-20(8-19)27(31,32)33)13-41(39,40)37-2-1-21-22(12-37)34-14-35-23(21)36-24(38)25-9-15-3-16(10-25)5-17(4-15)11-25/h6-8,14-17H,1-5,9-13H2,(H,34,35,36,38). The fourth-order valence-electron chi connectivity index (χ4n) is 7.71. The molecule has 4 saturated carbocycles.